The molecule has 4 amide bonds. The maximum Gasteiger partial charge on any atom is 0.325 e. The van der Waals surface area contributed by atoms with Gasteiger partial charge in [0.2, 0.25) is 5.91 Å². The highest BCUT2D eigenvalue weighted by Crippen LogP contribution is 2.35. The third-order valence-electron chi connectivity index (χ3n) is 5.73. The molecule has 1 saturated carbocycles. The summed E-state index contributed by atoms with van der Waals surface area (Å²) in [6, 6.07) is 9.65. The molecule has 2 fully saturated rings. The van der Waals surface area contributed by atoms with Crippen LogP contribution in [0, 0.1) is 5.92 Å². The first-order valence-electron chi connectivity index (χ1n) is 10.4. The van der Waals surface area contributed by atoms with Crippen molar-refractivity contribution in [3.05, 3.63) is 35.9 Å². The van der Waals surface area contributed by atoms with E-state index < -0.39 is 5.54 Å². The topological polar surface area (TPSA) is 78.5 Å². The fourth-order valence-electron chi connectivity index (χ4n) is 4.30. The molecular weight excluding hydrogens is 354 g/mol. The van der Waals surface area contributed by atoms with Gasteiger partial charge < -0.3 is 10.6 Å². The Morgan fingerprint density at radius 2 is 1.86 bits per heavy atom. The van der Waals surface area contributed by atoms with Crippen LogP contribution in [-0.4, -0.2) is 34.8 Å². The van der Waals surface area contributed by atoms with E-state index in [0.717, 1.165) is 37.7 Å². The smallest absolute Gasteiger partial charge is 0.325 e. The van der Waals surface area contributed by atoms with Crippen molar-refractivity contribution in [3.8, 4) is 0 Å². The van der Waals surface area contributed by atoms with Crippen LogP contribution in [0.4, 0.5) is 4.79 Å². The monoisotopic (exact) mass is 385 g/mol. The van der Waals surface area contributed by atoms with Crippen LogP contribution in [0.1, 0.15) is 70.4 Å². The zero-order valence-electron chi connectivity index (χ0n) is 16.9. The molecule has 6 nitrogen and oxygen atoms in total. The van der Waals surface area contributed by atoms with Crippen LogP contribution in [0.15, 0.2) is 30.3 Å². The van der Waals surface area contributed by atoms with Gasteiger partial charge in [-0.15, -0.1) is 0 Å². The summed E-state index contributed by atoms with van der Waals surface area (Å²) in [6.07, 6.45) is 5.03. The average molecular weight is 386 g/mol. The standard InChI is InChI=1S/C22H31N3O3/c1-16(2)15-18(17-9-4-3-5-10-17)23-19(26)11-8-14-25-20(27)22(24-21(25)28)12-6-7-13-22/h3-5,9-10,16,18H,6-8,11-15H2,1-2H3,(H,23,26)(H,24,28). The summed E-state index contributed by atoms with van der Waals surface area (Å²) in [5.41, 5.74) is 0.427. The third-order valence-corrected chi connectivity index (χ3v) is 5.73. The van der Waals surface area contributed by atoms with Crippen LogP contribution in [0.25, 0.3) is 0 Å². The highest BCUT2D eigenvalue weighted by atomic mass is 16.2. The normalized spacial score (nSPS) is 19.3. The summed E-state index contributed by atoms with van der Waals surface area (Å²) < 4.78 is 0. The van der Waals surface area contributed by atoms with Gasteiger partial charge in [0.15, 0.2) is 0 Å². The van der Waals surface area contributed by atoms with E-state index in [4.69, 9.17) is 0 Å². The van der Waals surface area contributed by atoms with E-state index in [9.17, 15) is 14.4 Å². The van der Waals surface area contributed by atoms with Crippen LogP contribution in [-0.2, 0) is 9.59 Å². The summed E-state index contributed by atoms with van der Waals surface area (Å²) in [7, 11) is 0. The number of hydrogen-bond acceptors (Lipinski definition) is 3. The van der Waals surface area contributed by atoms with Crippen molar-refractivity contribution in [1.82, 2.24) is 15.5 Å². The minimum atomic E-state index is -0.672. The van der Waals surface area contributed by atoms with Gasteiger partial charge in [0.05, 0.1) is 6.04 Å². The second-order valence-electron chi connectivity index (χ2n) is 8.44. The van der Waals surface area contributed by atoms with E-state index in [-0.39, 0.29) is 23.9 Å². The SMILES string of the molecule is CC(C)CC(NC(=O)CCCN1C(=O)NC2(CCCC2)C1=O)c1ccccc1. The molecule has 0 radical (unpaired) electrons. The van der Waals surface area contributed by atoms with Gasteiger partial charge in [0, 0.05) is 13.0 Å². The number of carbonyl (C=O) groups is 3. The molecule has 6 heteroatoms. The van der Waals surface area contributed by atoms with Gasteiger partial charge in [-0.1, -0.05) is 57.0 Å². The summed E-state index contributed by atoms with van der Waals surface area (Å²) >= 11 is 0. The summed E-state index contributed by atoms with van der Waals surface area (Å²) in [5, 5.41) is 6.00. The summed E-state index contributed by atoms with van der Waals surface area (Å²) in [4.78, 5) is 38.6. The highest BCUT2D eigenvalue weighted by molar-refractivity contribution is 6.07. The van der Waals surface area contributed by atoms with Crippen LogP contribution < -0.4 is 10.6 Å². The molecule has 0 aromatic heterocycles. The van der Waals surface area contributed by atoms with Crippen molar-refractivity contribution in [3.63, 3.8) is 0 Å². The number of urea groups is 1. The number of rotatable bonds is 8. The molecule has 1 aromatic carbocycles. The maximum absolute atomic E-state index is 12.6. The highest BCUT2D eigenvalue weighted by Gasteiger charge is 2.52. The Balaban J connectivity index is 1.51. The van der Waals surface area contributed by atoms with Gasteiger partial charge >= 0.3 is 6.03 Å². The number of hydrogen-bond donors (Lipinski definition) is 2. The molecule has 1 unspecified atom stereocenters. The molecule has 0 bridgehead atoms. The Morgan fingerprint density at radius 1 is 1.18 bits per heavy atom. The third kappa shape index (κ3) is 4.54. The van der Waals surface area contributed by atoms with Crippen molar-refractivity contribution < 1.29 is 14.4 Å². The molecule has 1 saturated heterocycles. The van der Waals surface area contributed by atoms with Crippen LogP contribution >= 0.6 is 0 Å². The Morgan fingerprint density at radius 3 is 2.50 bits per heavy atom. The lowest BCUT2D eigenvalue weighted by Gasteiger charge is -2.22. The lowest BCUT2D eigenvalue weighted by Crippen LogP contribution is -2.44. The maximum atomic E-state index is 12.6. The van der Waals surface area contributed by atoms with E-state index in [1.165, 1.54) is 4.90 Å². The first-order chi connectivity index (χ1) is 13.4. The lowest BCUT2D eigenvalue weighted by molar-refractivity contribution is -0.131. The number of nitrogens with zero attached hydrogens (tertiary/aromatic N) is 1. The quantitative estimate of drug-likeness (QED) is 0.672. The average Bonchev–Trinajstić information content (AvgIpc) is 3.22. The number of nitrogens with one attached hydrogen (secondary N) is 2. The molecule has 1 spiro atoms. The van der Waals surface area contributed by atoms with Gasteiger partial charge in [0.1, 0.15) is 5.54 Å². The number of amides is 4. The molecule has 2 aliphatic rings. The Kier molecular flexibility index (Phi) is 6.37. The van der Waals surface area contributed by atoms with E-state index >= 15 is 0 Å². The van der Waals surface area contributed by atoms with E-state index in [0.29, 0.717) is 25.3 Å². The fourth-order valence-corrected chi connectivity index (χ4v) is 4.30. The molecule has 1 atom stereocenters. The predicted octanol–water partition coefficient (Wildman–Crippen LogP) is 3.53. The fraction of sp³-hybridized carbons (Fsp3) is 0.591. The van der Waals surface area contributed by atoms with Crippen molar-refractivity contribution in [2.24, 2.45) is 5.92 Å². The molecule has 2 N–H and O–H groups in total. The number of benzene rings is 1. The number of imide groups is 1. The van der Waals surface area contributed by atoms with Crippen molar-refractivity contribution >= 4 is 17.8 Å². The summed E-state index contributed by atoms with van der Waals surface area (Å²) in [5.74, 6) is 0.300. The molecule has 1 heterocycles. The van der Waals surface area contributed by atoms with Gasteiger partial charge in [-0.3, -0.25) is 14.5 Å². The molecule has 1 aliphatic heterocycles. The van der Waals surface area contributed by atoms with Crippen LogP contribution in [0.3, 0.4) is 0 Å². The zero-order chi connectivity index (χ0) is 20.1. The van der Waals surface area contributed by atoms with Gasteiger partial charge in [-0.05, 0) is 37.2 Å². The van der Waals surface area contributed by atoms with Crippen molar-refractivity contribution in [1.29, 1.82) is 0 Å². The van der Waals surface area contributed by atoms with Gasteiger partial charge in [-0.25, -0.2) is 4.79 Å². The minimum absolute atomic E-state index is 0.0211. The second kappa shape index (κ2) is 8.76. The zero-order valence-corrected chi connectivity index (χ0v) is 16.9. The van der Waals surface area contributed by atoms with Crippen LogP contribution in [0.5, 0.6) is 0 Å². The first-order valence-corrected chi connectivity index (χ1v) is 10.4. The van der Waals surface area contributed by atoms with Gasteiger partial charge in [-0.2, -0.15) is 0 Å². The molecule has 152 valence electrons. The van der Waals surface area contributed by atoms with Gasteiger partial charge in [0.25, 0.3) is 5.91 Å². The minimum Gasteiger partial charge on any atom is -0.349 e. The molecule has 28 heavy (non-hydrogen) atoms. The van der Waals surface area contributed by atoms with E-state index in [1.807, 2.05) is 30.3 Å². The molecule has 1 aromatic rings. The van der Waals surface area contributed by atoms with Crippen LogP contribution in [0.2, 0.25) is 0 Å². The predicted molar refractivity (Wildman–Crippen MR) is 107 cm³/mol. The molecule has 3 rings (SSSR count). The van der Waals surface area contributed by atoms with E-state index in [1.54, 1.807) is 0 Å². The number of carbonyl (C=O) groups excluding carboxylic acids is 3. The molecule has 1 aliphatic carbocycles. The Labute approximate surface area is 167 Å². The van der Waals surface area contributed by atoms with Crippen molar-refractivity contribution in [2.45, 2.75) is 70.4 Å². The Hall–Kier alpha value is -2.37. The second-order valence-corrected chi connectivity index (χ2v) is 8.44. The summed E-state index contributed by atoms with van der Waals surface area (Å²) in [6.45, 7) is 4.57. The Bertz CT molecular complexity index is 711. The van der Waals surface area contributed by atoms with Crippen molar-refractivity contribution in [2.75, 3.05) is 6.54 Å². The lowest BCUT2D eigenvalue weighted by atomic mass is 9.97. The molecular formula is C22H31N3O3. The van der Waals surface area contributed by atoms with E-state index in [2.05, 4.69) is 24.5 Å². The first kappa shape index (κ1) is 20.4. The largest absolute Gasteiger partial charge is 0.349 e.